The summed E-state index contributed by atoms with van der Waals surface area (Å²) >= 11 is 0. The van der Waals surface area contributed by atoms with Crippen molar-refractivity contribution in [3.63, 3.8) is 0 Å². The maximum absolute atomic E-state index is 12.6. The number of methoxy groups -OCH3 is 5. The molecule has 10 heteroatoms. The maximum Gasteiger partial charge on any atom is 0.355 e. The second-order valence-electron chi connectivity index (χ2n) is 5.71. The first kappa shape index (κ1) is 21.9. The van der Waals surface area contributed by atoms with Crippen molar-refractivity contribution >= 4 is 23.9 Å². The highest BCUT2D eigenvalue weighted by molar-refractivity contribution is 6.19. The smallest absolute Gasteiger partial charge is 0.355 e. The molecule has 0 saturated carbocycles. The molecule has 0 aliphatic carbocycles. The molecule has 1 aliphatic heterocycles. The van der Waals surface area contributed by atoms with E-state index in [2.05, 4.69) is 9.47 Å². The van der Waals surface area contributed by atoms with Gasteiger partial charge in [-0.25, -0.2) is 19.2 Å². The number of carbonyl (C=O) groups excluding carboxylic acids is 4. The Balaban J connectivity index is 2.84. The Labute approximate surface area is 166 Å². The molecule has 29 heavy (non-hydrogen) atoms. The van der Waals surface area contributed by atoms with Gasteiger partial charge in [0.1, 0.15) is 17.4 Å². The fourth-order valence-electron chi connectivity index (χ4n) is 2.97. The lowest BCUT2D eigenvalue weighted by Crippen LogP contribution is -2.52. The van der Waals surface area contributed by atoms with E-state index in [0.29, 0.717) is 11.3 Å². The summed E-state index contributed by atoms with van der Waals surface area (Å²) in [7, 11) is 5.54. The Bertz CT molecular complexity index is 836. The highest BCUT2D eigenvalue weighted by Crippen LogP contribution is 2.47. The van der Waals surface area contributed by atoms with Crippen LogP contribution in [0.3, 0.4) is 0 Å². The number of hydrogen-bond donors (Lipinski definition) is 0. The van der Waals surface area contributed by atoms with Crippen LogP contribution >= 0.6 is 0 Å². The summed E-state index contributed by atoms with van der Waals surface area (Å²) in [6, 6.07) is 6.21. The molecule has 1 heterocycles. The third kappa shape index (κ3) is 3.54. The second-order valence-corrected chi connectivity index (χ2v) is 5.71. The Morgan fingerprint density at radius 1 is 0.793 bits per heavy atom. The third-order valence-corrected chi connectivity index (χ3v) is 4.34. The zero-order valence-electron chi connectivity index (χ0n) is 16.5. The molecule has 10 nitrogen and oxygen atoms in total. The van der Waals surface area contributed by atoms with Gasteiger partial charge < -0.3 is 28.4 Å². The summed E-state index contributed by atoms with van der Waals surface area (Å²) in [4.78, 5) is 50.4. The van der Waals surface area contributed by atoms with E-state index in [0.717, 1.165) is 28.4 Å². The first-order valence-corrected chi connectivity index (χ1v) is 8.22. The summed E-state index contributed by atoms with van der Waals surface area (Å²) in [6.07, 6.45) is -1.33. The fourth-order valence-corrected chi connectivity index (χ4v) is 2.97. The molecule has 0 bridgehead atoms. The summed E-state index contributed by atoms with van der Waals surface area (Å²) in [6.45, 7) is 0. The van der Waals surface area contributed by atoms with Crippen LogP contribution in [0.2, 0.25) is 0 Å². The molecule has 1 aliphatic rings. The number of benzene rings is 1. The van der Waals surface area contributed by atoms with Crippen LogP contribution in [0.1, 0.15) is 11.7 Å². The van der Waals surface area contributed by atoms with Crippen LogP contribution in [0.5, 0.6) is 5.75 Å². The lowest BCUT2D eigenvalue weighted by atomic mass is 9.89. The number of hydrogen-bond acceptors (Lipinski definition) is 10. The van der Waals surface area contributed by atoms with Crippen molar-refractivity contribution in [1.82, 2.24) is 0 Å². The van der Waals surface area contributed by atoms with Crippen molar-refractivity contribution in [3.05, 3.63) is 41.0 Å². The van der Waals surface area contributed by atoms with Crippen LogP contribution in [-0.4, -0.2) is 65.0 Å². The SMILES string of the molecule is COC(=O)C1=C(C(=O)OC)C(C(=O)OC)(C(=O)OC)OC1c1ccc(OC)cc1. The van der Waals surface area contributed by atoms with E-state index in [4.69, 9.17) is 18.9 Å². The molecular formula is C19H20O10. The van der Waals surface area contributed by atoms with Gasteiger partial charge in [0.2, 0.25) is 0 Å². The monoisotopic (exact) mass is 408 g/mol. The quantitative estimate of drug-likeness (QED) is 0.373. The average molecular weight is 408 g/mol. The summed E-state index contributed by atoms with van der Waals surface area (Å²) < 4.78 is 29.7. The number of ether oxygens (including phenoxy) is 6. The molecule has 0 amide bonds. The molecule has 0 spiro atoms. The summed E-state index contributed by atoms with van der Waals surface area (Å²) in [5.41, 5.74) is -3.40. The van der Waals surface area contributed by atoms with Gasteiger partial charge in [-0.15, -0.1) is 0 Å². The zero-order valence-corrected chi connectivity index (χ0v) is 16.5. The van der Waals surface area contributed by atoms with Crippen molar-refractivity contribution in [2.75, 3.05) is 35.5 Å². The van der Waals surface area contributed by atoms with Gasteiger partial charge in [0.25, 0.3) is 5.60 Å². The predicted octanol–water partition coefficient (Wildman–Crippen LogP) is 0.494. The maximum atomic E-state index is 12.6. The Morgan fingerprint density at radius 3 is 1.72 bits per heavy atom. The molecule has 0 saturated heterocycles. The Morgan fingerprint density at radius 2 is 1.31 bits per heavy atom. The molecular weight excluding hydrogens is 388 g/mol. The molecule has 1 unspecified atom stereocenters. The Hall–Kier alpha value is -3.40. The highest BCUT2D eigenvalue weighted by atomic mass is 16.6. The predicted molar refractivity (Wildman–Crippen MR) is 94.6 cm³/mol. The van der Waals surface area contributed by atoms with Crippen LogP contribution in [0.15, 0.2) is 35.4 Å². The van der Waals surface area contributed by atoms with Gasteiger partial charge in [0.05, 0.1) is 41.1 Å². The lowest BCUT2D eigenvalue weighted by molar-refractivity contribution is -0.185. The highest BCUT2D eigenvalue weighted by Gasteiger charge is 2.65. The molecule has 156 valence electrons. The molecule has 1 aromatic rings. The van der Waals surface area contributed by atoms with Crippen molar-refractivity contribution in [1.29, 1.82) is 0 Å². The van der Waals surface area contributed by atoms with E-state index in [9.17, 15) is 19.2 Å². The van der Waals surface area contributed by atoms with Crippen LogP contribution in [0.25, 0.3) is 0 Å². The second kappa shape index (κ2) is 8.74. The minimum Gasteiger partial charge on any atom is -0.497 e. The standard InChI is InChI=1S/C19H20O10/c1-24-11-8-6-10(7-9-11)14-12(15(20)25-2)13(16(21)26-3)19(29-14,17(22)27-4)18(23)28-5/h6-9,14H,1-5H3. The first-order valence-electron chi connectivity index (χ1n) is 8.22. The van der Waals surface area contributed by atoms with E-state index in [1.165, 1.54) is 19.2 Å². The van der Waals surface area contributed by atoms with E-state index < -0.39 is 41.2 Å². The van der Waals surface area contributed by atoms with Gasteiger partial charge in [-0.3, -0.25) is 0 Å². The van der Waals surface area contributed by atoms with Gasteiger partial charge in [-0.1, -0.05) is 12.1 Å². The van der Waals surface area contributed by atoms with Crippen LogP contribution in [0, 0.1) is 0 Å². The van der Waals surface area contributed by atoms with Crippen molar-refractivity contribution in [2.45, 2.75) is 11.7 Å². The molecule has 0 N–H and O–H groups in total. The molecule has 1 atom stereocenters. The largest absolute Gasteiger partial charge is 0.497 e. The van der Waals surface area contributed by atoms with Crippen LogP contribution in [0.4, 0.5) is 0 Å². The Kier molecular flexibility index (Phi) is 6.60. The van der Waals surface area contributed by atoms with Gasteiger partial charge in [-0.05, 0) is 17.7 Å². The fraction of sp³-hybridized carbons (Fsp3) is 0.368. The van der Waals surface area contributed by atoms with E-state index in [-0.39, 0.29) is 5.57 Å². The summed E-state index contributed by atoms with van der Waals surface area (Å²) in [5, 5.41) is 0. The van der Waals surface area contributed by atoms with E-state index in [1.807, 2.05) is 0 Å². The average Bonchev–Trinajstić information content (AvgIpc) is 3.14. The van der Waals surface area contributed by atoms with Crippen molar-refractivity contribution < 1.29 is 47.6 Å². The number of carbonyl (C=O) groups is 4. The van der Waals surface area contributed by atoms with E-state index in [1.54, 1.807) is 12.1 Å². The van der Waals surface area contributed by atoms with Gasteiger partial charge in [0, 0.05) is 0 Å². The zero-order chi connectivity index (χ0) is 21.8. The van der Waals surface area contributed by atoms with Gasteiger partial charge >= 0.3 is 23.9 Å². The van der Waals surface area contributed by atoms with Crippen molar-refractivity contribution in [3.8, 4) is 5.75 Å². The molecule has 0 aromatic heterocycles. The minimum atomic E-state index is -2.68. The van der Waals surface area contributed by atoms with Crippen LogP contribution in [-0.2, 0) is 42.9 Å². The van der Waals surface area contributed by atoms with Crippen LogP contribution < -0.4 is 4.74 Å². The van der Waals surface area contributed by atoms with Gasteiger partial charge in [0.15, 0.2) is 0 Å². The van der Waals surface area contributed by atoms with E-state index >= 15 is 0 Å². The number of rotatable bonds is 6. The topological polar surface area (TPSA) is 124 Å². The number of esters is 4. The first-order chi connectivity index (χ1) is 13.8. The summed E-state index contributed by atoms with van der Waals surface area (Å²) in [5.74, 6) is -4.17. The van der Waals surface area contributed by atoms with Gasteiger partial charge in [-0.2, -0.15) is 0 Å². The van der Waals surface area contributed by atoms with Crippen molar-refractivity contribution in [2.24, 2.45) is 0 Å². The lowest BCUT2D eigenvalue weighted by Gasteiger charge is -2.26. The molecule has 2 rings (SSSR count). The minimum absolute atomic E-state index is 0.335. The normalized spacial score (nSPS) is 17.3. The molecule has 0 radical (unpaired) electrons. The molecule has 1 aromatic carbocycles. The molecule has 0 fully saturated rings. The third-order valence-electron chi connectivity index (χ3n) is 4.34.